The third-order valence-electron chi connectivity index (χ3n) is 4.89. The van der Waals surface area contributed by atoms with E-state index in [-0.39, 0.29) is 11.9 Å². The standard InChI is InChI=1S/C24H26N4O2S/c1-5-30-19-11-12-20-22(14-19)31-24(25-20)27(15-18-9-7-6-8-10-18)23(29)21-13-17(4)26-28(21)16(2)3/h6-14,16H,5,15H2,1-4H3. The number of ether oxygens (including phenoxy) is 1. The maximum atomic E-state index is 13.7. The van der Waals surface area contributed by atoms with Crippen LogP contribution in [0.1, 0.15) is 48.6 Å². The number of thiazole rings is 1. The Hall–Kier alpha value is -3.19. The van der Waals surface area contributed by atoms with Crippen LogP contribution in [-0.4, -0.2) is 27.3 Å². The van der Waals surface area contributed by atoms with Crippen molar-refractivity contribution in [3.05, 3.63) is 71.5 Å². The minimum Gasteiger partial charge on any atom is -0.494 e. The van der Waals surface area contributed by atoms with Gasteiger partial charge in [0.1, 0.15) is 11.4 Å². The minimum atomic E-state index is -0.109. The zero-order valence-electron chi connectivity index (χ0n) is 18.2. The molecule has 0 radical (unpaired) electrons. The zero-order chi connectivity index (χ0) is 22.0. The number of benzene rings is 2. The summed E-state index contributed by atoms with van der Waals surface area (Å²) in [5.41, 5.74) is 3.28. The van der Waals surface area contributed by atoms with Crippen molar-refractivity contribution in [1.29, 1.82) is 0 Å². The van der Waals surface area contributed by atoms with E-state index in [4.69, 9.17) is 9.72 Å². The number of nitrogens with zero attached hydrogens (tertiary/aromatic N) is 4. The van der Waals surface area contributed by atoms with E-state index in [1.807, 2.05) is 82.3 Å². The van der Waals surface area contributed by atoms with Gasteiger partial charge in [-0.05, 0) is 57.5 Å². The van der Waals surface area contributed by atoms with Crippen molar-refractivity contribution in [2.75, 3.05) is 11.5 Å². The average molecular weight is 435 g/mol. The van der Waals surface area contributed by atoms with E-state index in [9.17, 15) is 4.79 Å². The maximum absolute atomic E-state index is 13.7. The molecule has 6 nitrogen and oxygen atoms in total. The Kier molecular flexibility index (Phi) is 6.04. The topological polar surface area (TPSA) is 60.2 Å². The predicted molar refractivity (Wildman–Crippen MR) is 125 cm³/mol. The molecule has 0 unspecified atom stereocenters. The van der Waals surface area contributed by atoms with Crippen LogP contribution in [0.5, 0.6) is 5.75 Å². The van der Waals surface area contributed by atoms with Crippen LogP contribution in [0.4, 0.5) is 5.13 Å². The monoisotopic (exact) mass is 434 g/mol. The first kappa shape index (κ1) is 21.1. The number of carbonyl (C=O) groups excluding carboxylic acids is 1. The lowest BCUT2D eigenvalue weighted by Crippen LogP contribution is -2.32. The molecule has 2 heterocycles. The molecule has 1 amide bonds. The van der Waals surface area contributed by atoms with E-state index in [2.05, 4.69) is 5.10 Å². The molecule has 0 aliphatic carbocycles. The van der Waals surface area contributed by atoms with E-state index in [0.29, 0.717) is 24.0 Å². The Labute approximate surface area is 186 Å². The van der Waals surface area contributed by atoms with Crippen LogP contribution in [0, 0.1) is 6.92 Å². The van der Waals surface area contributed by atoms with Gasteiger partial charge >= 0.3 is 0 Å². The highest BCUT2D eigenvalue weighted by Gasteiger charge is 2.26. The number of fused-ring (bicyclic) bond motifs is 1. The van der Waals surface area contributed by atoms with Crippen LogP contribution in [0.25, 0.3) is 10.2 Å². The van der Waals surface area contributed by atoms with Crippen molar-refractivity contribution >= 4 is 32.6 Å². The van der Waals surface area contributed by atoms with Gasteiger partial charge in [0.15, 0.2) is 5.13 Å². The van der Waals surface area contributed by atoms with E-state index in [0.717, 1.165) is 27.2 Å². The number of anilines is 1. The molecule has 0 N–H and O–H groups in total. The maximum Gasteiger partial charge on any atom is 0.278 e. The highest BCUT2D eigenvalue weighted by molar-refractivity contribution is 7.22. The molecule has 0 spiro atoms. The predicted octanol–water partition coefficient (Wildman–Crippen LogP) is 5.63. The molecule has 0 saturated heterocycles. The fraction of sp³-hybridized carbons (Fsp3) is 0.292. The molecule has 4 aromatic rings. The zero-order valence-corrected chi connectivity index (χ0v) is 19.0. The van der Waals surface area contributed by atoms with Crippen LogP contribution >= 0.6 is 11.3 Å². The number of carbonyl (C=O) groups is 1. The Morgan fingerprint density at radius 3 is 2.65 bits per heavy atom. The summed E-state index contributed by atoms with van der Waals surface area (Å²) in [6, 6.07) is 17.7. The minimum absolute atomic E-state index is 0.0790. The number of hydrogen-bond acceptors (Lipinski definition) is 5. The molecule has 0 aliphatic rings. The molecule has 4 rings (SSSR count). The average Bonchev–Trinajstić information content (AvgIpc) is 3.35. The third-order valence-corrected chi connectivity index (χ3v) is 5.93. The molecule has 2 aromatic carbocycles. The highest BCUT2D eigenvalue weighted by Crippen LogP contribution is 2.33. The van der Waals surface area contributed by atoms with Crippen molar-refractivity contribution in [3.8, 4) is 5.75 Å². The molecule has 0 bridgehead atoms. The van der Waals surface area contributed by atoms with Crippen molar-refractivity contribution in [2.45, 2.75) is 40.3 Å². The third kappa shape index (κ3) is 4.46. The van der Waals surface area contributed by atoms with Crippen LogP contribution in [-0.2, 0) is 6.54 Å². The number of rotatable bonds is 7. The molecule has 0 atom stereocenters. The lowest BCUT2D eigenvalue weighted by Gasteiger charge is -2.21. The van der Waals surface area contributed by atoms with Gasteiger partial charge in [-0.2, -0.15) is 5.10 Å². The Bertz CT molecular complexity index is 1200. The number of amides is 1. The van der Waals surface area contributed by atoms with Gasteiger partial charge in [-0.25, -0.2) is 4.98 Å². The van der Waals surface area contributed by atoms with E-state index in [1.165, 1.54) is 11.3 Å². The number of hydrogen-bond donors (Lipinski definition) is 0. The summed E-state index contributed by atoms with van der Waals surface area (Å²) in [4.78, 5) is 20.3. The molecular formula is C24H26N4O2S. The fourth-order valence-electron chi connectivity index (χ4n) is 3.47. The van der Waals surface area contributed by atoms with E-state index in [1.54, 1.807) is 9.58 Å². The summed E-state index contributed by atoms with van der Waals surface area (Å²) in [7, 11) is 0. The van der Waals surface area contributed by atoms with Crippen LogP contribution in [0.15, 0.2) is 54.6 Å². The first-order valence-electron chi connectivity index (χ1n) is 10.4. The van der Waals surface area contributed by atoms with Crippen molar-refractivity contribution < 1.29 is 9.53 Å². The molecule has 31 heavy (non-hydrogen) atoms. The SMILES string of the molecule is CCOc1ccc2nc(N(Cc3ccccc3)C(=O)c3cc(C)nn3C(C)C)sc2c1. The quantitative estimate of drug-likeness (QED) is 0.378. The molecule has 160 valence electrons. The Balaban J connectivity index is 1.78. The van der Waals surface area contributed by atoms with Crippen molar-refractivity contribution in [1.82, 2.24) is 14.8 Å². The molecule has 0 saturated carbocycles. The fourth-order valence-corrected chi connectivity index (χ4v) is 4.46. The van der Waals surface area contributed by atoms with E-state index < -0.39 is 0 Å². The van der Waals surface area contributed by atoms with E-state index >= 15 is 0 Å². The summed E-state index contributed by atoms with van der Waals surface area (Å²) >= 11 is 1.49. The molecule has 0 fully saturated rings. The van der Waals surface area contributed by atoms with Gasteiger partial charge in [0.25, 0.3) is 5.91 Å². The number of aryl methyl sites for hydroxylation is 1. The first-order valence-corrected chi connectivity index (χ1v) is 11.2. The second kappa shape index (κ2) is 8.89. The summed E-state index contributed by atoms with van der Waals surface area (Å²) in [6.45, 7) is 8.95. The summed E-state index contributed by atoms with van der Waals surface area (Å²) < 4.78 is 8.40. The normalized spacial score (nSPS) is 11.3. The van der Waals surface area contributed by atoms with Gasteiger partial charge in [0.05, 0.1) is 29.1 Å². The van der Waals surface area contributed by atoms with Gasteiger partial charge in [-0.3, -0.25) is 14.4 Å². The largest absolute Gasteiger partial charge is 0.494 e. The summed E-state index contributed by atoms with van der Waals surface area (Å²) in [5, 5.41) is 5.18. The van der Waals surface area contributed by atoms with Gasteiger partial charge in [0.2, 0.25) is 0 Å². The van der Waals surface area contributed by atoms with Gasteiger partial charge in [0, 0.05) is 6.04 Å². The molecule has 2 aromatic heterocycles. The van der Waals surface area contributed by atoms with Crippen LogP contribution in [0.3, 0.4) is 0 Å². The Morgan fingerprint density at radius 1 is 1.16 bits per heavy atom. The van der Waals surface area contributed by atoms with Crippen molar-refractivity contribution in [3.63, 3.8) is 0 Å². The molecular weight excluding hydrogens is 408 g/mol. The Morgan fingerprint density at radius 2 is 1.94 bits per heavy atom. The van der Waals surface area contributed by atoms with Gasteiger partial charge < -0.3 is 4.74 Å². The first-order chi connectivity index (χ1) is 15.0. The summed E-state index contributed by atoms with van der Waals surface area (Å²) in [5.74, 6) is 0.696. The lowest BCUT2D eigenvalue weighted by atomic mass is 10.2. The highest BCUT2D eigenvalue weighted by atomic mass is 32.1. The summed E-state index contributed by atoms with van der Waals surface area (Å²) in [6.07, 6.45) is 0. The van der Waals surface area contributed by atoms with Gasteiger partial charge in [-0.1, -0.05) is 41.7 Å². The molecule has 0 aliphatic heterocycles. The lowest BCUT2D eigenvalue weighted by molar-refractivity contribution is 0.0973. The van der Waals surface area contributed by atoms with Gasteiger partial charge in [-0.15, -0.1) is 0 Å². The second-order valence-corrected chi connectivity index (χ2v) is 8.65. The van der Waals surface area contributed by atoms with Crippen molar-refractivity contribution in [2.24, 2.45) is 0 Å². The second-order valence-electron chi connectivity index (χ2n) is 7.65. The number of aromatic nitrogens is 3. The smallest absolute Gasteiger partial charge is 0.278 e. The molecule has 7 heteroatoms. The van der Waals surface area contributed by atoms with Crippen LogP contribution < -0.4 is 9.64 Å². The van der Waals surface area contributed by atoms with Crippen LogP contribution in [0.2, 0.25) is 0 Å².